The Bertz CT molecular complexity index is 960. The fourth-order valence-electron chi connectivity index (χ4n) is 3.55. The number of carbonyl (C=O) groups is 2. The molecule has 0 aliphatic heterocycles. The van der Waals surface area contributed by atoms with E-state index in [1.54, 1.807) is 36.4 Å². The van der Waals surface area contributed by atoms with Crippen molar-refractivity contribution in [1.82, 2.24) is 5.32 Å². The number of rotatable bonds is 8. The van der Waals surface area contributed by atoms with Crippen molar-refractivity contribution in [2.45, 2.75) is 57.9 Å². The van der Waals surface area contributed by atoms with Crippen LogP contribution in [0.2, 0.25) is 0 Å². The van der Waals surface area contributed by atoms with Crippen LogP contribution in [0.25, 0.3) is 17.4 Å². The van der Waals surface area contributed by atoms with Crippen LogP contribution in [0.15, 0.2) is 46.4 Å². The molecule has 3 rings (SSSR count). The first-order valence-corrected chi connectivity index (χ1v) is 10.9. The van der Waals surface area contributed by atoms with E-state index in [0.717, 1.165) is 44.1 Å². The first-order valence-electron chi connectivity index (χ1n) is 10.9. The second kappa shape index (κ2) is 11.2. The van der Waals surface area contributed by atoms with E-state index in [9.17, 15) is 14.9 Å². The van der Waals surface area contributed by atoms with Gasteiger partial charge in [-0.25, -0.2) is 4.79 Å². The fraction of sp³-hybridized carbons (Fsp3) is 0.400. The van der Waals surface area contributed by atoms with Crippen molar-refractivity contribution in [3.63, 3.8) is 0 Å². The Morgan fingerprint density at radius 3 is 2.58 bits per heavy atom. The van der Waals surface area contributed by atoms with Crippen molar-refractivity contribution in [1.29, 1.82) is 5.26 Å². The van der Waals surface area contributed by atoms with Gasteiger partial charge in [0, 0.05) is 17.7 Å². The van der Waals surface area contributed by atoms with Crippen LogP contribution in [0.5, 0.6) is 0 Å². The van der Waals surface area contributed by atoms with E-state index in [1.807, 2.05) is 13.0 Å². The average molecular weight is 421 g/mol. The lowest BCUT2D eigenvalue weighted by Gasteiger charge is -2.22. The zero-order chi connectivity index (χ0) is 22.1. The monoisotopic (exact) mass is 420 g/mol. The average Bonchev–Trinajstić information content (AvgIpc) is 3.27. The van der Waals surface area contributed by atoms with Crippen LogP contribution in [0.1, 0.15) is 68.0 Å². The molecule has 31 heavy (non-hydrogen) atoms. The Labute approximate surface area is 182 Å². The molecule has 1 N–H and O–H groups in total. The van der Waals surface area contributed by atoms with E-state index in [1.165, 1.54) is 12.5 Å². The van der Waals surface area contributed by atoms with Gasteiger partial charge < -0.3 is 14.5 Å². The molecule has 1 saturated carbocycles. The van der Waals surface area contributed by atoms with E-state index in [2.05, 4.69) is 5.32 Å². The van der Waals surface area contributed by atoms with Crippen LogP contribution in [-0.2, 0) is 9.53 Å². The lowest BCUT2D eigenvalue weighted by molar-refractivity contribution is -0.117. The van der Waals surface area contributed by atoms with Crippen LogP contribution < -0.4 is 5.32 Å². The third kappa shape index (κ3) is 6.32. The third-order valence-electron chi connectivity index (χ3n) is 5.36. The van der Waals surface area contributed by atoms with Crippen molar-refractivity contribution in [2.24, 2.45) is 0 Å². The first kappa shape index (κ1) is 22.4. The summed E-state index contributed by atoms with van der Waals surface area (Å²) in [6.07, 6.45) is 8.59. The van der Waals surface area contributed by atoms with Gasteiger partial charge in [-0.1, -0.05) is 44.7 Å². The molecule has 1 fully saturated rings. The van der Waals surface area contributed by atoms with Gasteiger partial charge in [0.05, 0.1) is 12.2 Å². The number of furan rings is 1. The minimum absolute atomic E-state index is 0.0247. The Hall–Kier alpha value is -3.33. The summed E-state index contributed by atoms with van der Waals surface area (Å²) in [6, 6.07) is 12.5. The number of hydrogen-bond acceptors (Lipinski definition) is 5. The summed E-state index contributed by atoms with van der Waals surface area (Å²) < 4.78 is 11.0. The molecule has 162 valence electrons. The molecule has 0 radical (unpaired) electrons. The molecule has 2 aromatic rings. The molecule has 1 amide bonds. The summed E-state index contributed by atoms with van der Waals surface area (Å²) in [4.78, 5) is 24.4. The molecule has 1 heterocycles. The maximum atomic E-state index is 12.4. The molecule has 6 nitrogen and oxygen atoms in total. The number of ether oxygens (including phenoxy) is 1. The minimum Gasteiger partial charge on any atom is -0.462 e. The van der Waals surface area contributed by atoms with Gasteiger partial charge in [-0.3, -0.25) is 4.79 Å². The lowest BCUT2D eigenvalue weighted by Crippen LogP contribution is -2.36. The van der Waals surface area contributed by atoms with Crippen molar-refractivity contribution in [2.75, 3.05) is 6.61 Å². The number of nitrogens with zero attached hydrogens (tertiary/aromatic N) is 1. The van der Waals surface area contributed by atoms with Crippen molar-refractivity contribution < 1.29 is 18.7 Å². The highest BCUT2D eigenvalue weighted by atomic mass is 16.5. The molecule has 1 aromatic carbocycles. The molecular formula is C25H28N2O4. The molecule has 0 atom stereocenters. The van der Waals surface area contributed by atoms with Gasteiger partial charge in [-0.2, -0.15) is 5.26 Å². The maximum Gasteiger partial charge on any atom is 0.338 e. The van der Waals surface area contributed by atoms with E-state index >= 15 is 0 Å². The largest absolute Gasteiger partial charge is 0.462 e. The zero-order valence-corrected chi connectivity index (χ0v) is 17.9. The SMILES string of the molecule is CCCCOC(=O)c1ccc(-c2ccc(/C=C(\C#N)C(=O)NC3CCCCC3)o2)cc1. The molecule has 0 saturated heterocycles. The lowest BCUT2D eigenvalue weighted by atomic mass is 9.95. The van der Waals surface area contributed by atoms with Crippen molar-refractivity contribution in [3.8, 4) is 17.4 Å². The van der Waals surface area contributed by atoms with Gasteiger partial charge in [0.2, 0.25) is 0 Å². The maximum absolute atomic E-state index is 12.4. The Kier molecular flexibility index (Phi) is 8.05. The number of esters is 1. The predicted octanol–water partition coefficient (Wildman–Crippen LogP) is 5.26. The van der Waals surface area contributed by atoms with Crippen LogP contribution in [0.4, 0.5) is 0 Å². The number of nitriles is 1. The van der Waals surface area contributed by atoms with Gasteiger partial charge >= 0.3 is 5.97 Å². The first-order chi connectivity index (χ1) is 15.1. The summed E-state index contributed by atoms with van der Waals surface area (Å²) in [5.74, 6) is 0.305. The van der Waals surface area contributed by atoms with Crippen molar-refractivity contribution in [3.05, 3.63) is 53.3 Å². The molecule has 0 unspecified atom stereocenters. The number of nitrogens with one attached hydrogen (secondary N) is 1. The molecular weight excluding hydrogens is 392 g/mol. The van der Waals surface area contributed by atoms with Gasteiger partial charge in [-0.05, 0) is 43.5 Å². The third-order valence-corrected chi connectivity index (χ3v) is 5.36. The van der Waals surface area contributed by atoms with E-state index in [-0.39, 0.29) is 23.5 Å². The number of unbranched alkanes of at least 4 members (excludes halogenated alkanes) is 1. The second-order valence-corrected chi connectivity index (χ2v) is 7.75. The van der Waals surface area contributed by atoms with Crippen LogP contribution in [0.3, 0.4) is 0 Å². The van der Waals surface area contributed by atoms with E-state index in [4.69, 9.17) is 9.15 Å². The van der Waals surface area contributed by atoms with Gasteiger partial charge in [0.25, 0.3) is 5.91 Å². The topological polar surface area (TPSA) is 92.3 Å². The molecule has 1 aliphatic carbocycles. The van der Waals surface area contributed by atoms with Crippen LogP contribution >= 0.6 is 0 Å². The van der Waals surface area contributed by atoms with Crippen LogP contribution in [0, 0.1) is 11.3 Å². The van der Waals surface area contributed by atoms with Gasteiger partial charge in [0.1, 0.15) is 23.2 Å². The zero-order valence-electron chi connectivity index (χ0n) is 17.9. The Balaban J connectivity index is 1.65. The number of hydrogen-bond donors (Lipinski definition) is 1. The summed E-state index contributed by atoms with van der Waals surface area (Å²) >= 11 is 0. The van der Waals surface area contributed by atoms with E-state index in [0.29, 0.717) is 23.7 Å². The van der Waals surface area contributed by atoms with Crippen molar-refractivity contribution >= 4 is 18.0 Å². The number of benzene rings is 1. The molecule has 0 spiro atoms. The predicted molar refractivity (Wildman–Crippen MR) is 118 cm³/mol. The smallest absolute Gasteiger partial charge is 0.338 e. The highest BCUT2D eigenvalue weighted by Crippen LogP contribution is 2.24. The van der Waals surface area contributed by atoms with Gasteiger partial charge in [0.15, 0.2) is 0 Å². The summed E-state index contributed by atoms with van der Waals surface area (Å²) in [7, 11) is 0. The molecule has 1 aliphatic rings. The molecule has 6 heteroatoms. The normalized spacial score (nSPS) is 14.6. The Morgan fingerprint density at radius 1 is 1.16 bits per heavy atom. The van der Waals surface area contributed by atoms with Gasteiger partial charge in [-0.15, -0.1) is 0 Å². The number of carbonyl (C=O) groups excluding carboxylic acids is 2. The second-order valence-electron chi connectivity index (χ2n) is 7.75. The Morgan fingerprint density at radius 2 is 1.90 bits per heavy atom. The molecule has 0 bridgehead atoms. The highest BCUT2D eigenvalue weighted by Gasteiger charge is 2.18. The minimum atomic E-state index is -0.363. The summed E-state index contributed by atoms with van der Waals surface area (Å²) in [6.45, 7) is 2.46. The summed E-state index contributed by atoms with van der Waals surface area (Å²) in [5, 5.41) is 12.4. The van der Waals surface area contributed by atoms with Crippen LogP contribution in [-0.4, -0.2) is 24.5 Å². The highest BCUT2D eigenvalue weighted by molar-refractivity contribution is 6.01. The summed E-state index contributed by atoms with van der Waals surface area (Å²) in [5.41, 5.74) is 1.30. The standard InChI is InChI=1S/C25H28N2O4/c1-2-3-15-30-25(29)19-11-9-18(10-12-19)23-14-13-22(31-23)16-20(17-26)24(28)27-21-7-5-4-6-8-21/h9-14,16,21H,2-8,15H2,1H3,(H,27,28)/b20-16+. The van der Waals surface area contributed by atoms with E-state index < -0.39 is 0 Å². The quantitative estimate of drug-likeness (QED) is 0.272. The fourth-order valence-corrected chi connectivity index (χ4v) is 3.55. The molecule has 1 aromatic heterocycles. The number of amides is 1.